The second-order valence-corrected chi connectivity index (χ2v) is 7.30. The first-order chi connectivity index (χ1) is 13.1. The van der Waals surface area contributed by atoms with Crippen molar-refractivity contribution in [3.05, 3.63) is 64.7 Å². The van der Waals surface area contributed by atoms with Crippen LogP contribution >= 0.6 is 0 Å². The van der Waals surface area contributed by atoms with Gasteiger partial charge in [-0.25, -0.2) is 4.79 Å². The Morgan fingerprint density at radius 3 is 2.81 bits per heavy atom. The average molecular weight is 360 g/mol. The molecule has 0 aromatic heterocycles. The fourth-order valence-corrected chi connectivity index (χ4v) is 4.31. The van der Waals surface area contributed by atoms with Crippen LogP contribution in [0.2, 0.25) is 0 Å². The SMILES string of the molecule is COC(=O)c1ccc2c(c1)CC[C@]1(CCN(c3cccc(C#N)c3)C1=O)C2. The molecular weight excluding hydrogens is 340 g/mol. The van der Waals surface area contributed by atoms with Gasteiger partial charge in [0.25, 0.3) is 0 Å². The number of aryl methyl sites for hydroxylation is 1. The summed E-state index contributed by atoms with van der Waals surface area (Å²) in [6.07, 6.45) is 3.05. The summed E-state index contributed by atoms with van der Waals surface area (Å²) < 4.78 is 4.80. The number of nitriles is 1. The molecule has 0 N–H and O–H groups in total. The molecule has 0 unspecified atom stereocenters. The van der Waals surface area contributed by atoms with Gasteiger partial charge in [-0.3, -0.25) is 4.79 Å². The molecule has 2 aromatic rings. The van der Waals surface area contributed by atoms with E-state index < -0.39 is 0 Å². The highest BCUT2D eigenvalue weighted by atomic mass is 16.5. The normalized spacial score (nSPS) is 21.0. The van der Waals surface area contributed by atoms with Gasteiger partial charge in [0.15, 0.2) is 0 Å². The van der Waals surface area contributed by atoms with Crippen LogP contribution in [0.25, 0.3) is 0 Å². The maximum atomic E-state index is 13.3. The minimum Gasteiger partial charge on any atom is -0.465 e. The molecule has 136 valence electrons. The zero-order valence-electron chi connectivity index (χ0n) is 15.2. The third-order valence-corrected chi connectivity index (χ3v) is 5.83. The number of nitrogens with zero attached hydrogens (tertiary/aromatic N) is 2. The zero-order valence-corrected chi connectivity index (χ0v) is 15.2. The predicted molar refractivity (Wildman–Crippen MR) is 100 cm³/mol. The number of hydrogen-bond donors (Lipinski definition) is 0. The topological polar surface area (TPSA) is 70.4 Å². The minimum absolute atomic E-state index is 0.139. The molecule has 1 aliphatic carbocycles. The van der Waals surface area contributed by atoms with Gasteiger partial charge >= 0.3 is 5.97 Å². The summed E-state index contributed by atoms with van der Waals surface area (Å²) in [5.41, 5.74) is 3.78. The van der Waals surface area contributed by atoms with Crippen molar-refractivity contribution < 1.29 is 14.3 Å². The Balaban J connectivity index is 1.60. The van der Waals surface area contributed by atoms with Gasteiger partial charge in [-0.15, -0.1) is 0 Å². The van der Waals surface area contributed by atoms with Crippen LogP contribution in [0, 0.1) is 16.7 Å². The summed E-state index contributed by atoms with van der Waals surface area (Å²) >= 11 is 0. The van der Waals surface area contributed by atoms with Gasteiger partial charge in [0.2, 0.25) is 5.91 Å². The number of carbonyl (C=O) groups excluding carboxylic acids is 2. The molecule has 5 heteroatoms. The van der Waals surface area contributed by atoms with Crippen LogP contribution in [0.5, 0.6) is 0 Å². The third-order valence-electron chi connectivity index (χ3n) is 5.83. The Hall–Kier alpha value is -3.13. The highest BCUT2D eigenvalue weighted by molar-refractivity contribution is 6.00. The quantitative estimate of drug-likeness (QED) is 0.771. The number of hydrogen-bond acceptors (Lipinski definition) is 4. The summed E-state index contributed by atoms with van der Waals surface area (Å²) in [6.45, 7) is 0.670. The number of carbonyl (C=O) groups is 2. The van der Waals surface area contributed by atoms with E-state index in [9.17, 15) is 9.59 Å². The van der Waals surface area contributed by atoms with Crippen molar-refractivity contribution in [3.8, 4) is 6.07 Å². The first-order valence-corrected chi connectivity index (χ1v) is 9.08. The molecule has 27 heavy (non-hydrogen) atoms. The predicted octanol–water partition coefficient (Wildman–Crippen LogP) is 3.26. The lowest BCUT2D eigenvalue weighted by atomic mass is 9.70. The van der Waals surface area contributed by atoms with E-state index in [4.69, 9.17) is 10.00 Å². The lowest BCUT2D eigenvalue weighted by Gasteiger charge is -2.33. The molecule has 2 aliphatic rings. The van der Waals surface area contributed by atoms with Gasteiger partial charge in [0, 0.05) is 12.2 Å². The molecule has 0 saturated carbocycles. The summed E-state index contributed by atoms with van der Waals surface area (Å²) in [4.78, 5) is 26.8. The Morgan fingerprint density at radius 2 is 2.04 bits per heavy atom. The van der Waals surface area contributed by atoms with Crippen LogP contribution in [-0.2, 0) is 22.4 Å². The van der Waals surface area contributed by atoms with Crippen molar-refractivity contribution >= 4 is 17.6 Å². The fourth-order valence-electron chi connectivity index (χ4n) is 4.31. The summed E-state index contributed by atoms with van der Waals surface area (Å²) in [7, 11) is 1.38. The number of methoxy groups -OCH3 is 1. The fraction of sp³-hybridized carbons (Fsp3) is 0.318. The molecule has 1 saturated heterocycles. The van der Waals surface area contributed by atoms with Crippen molar-refractivity contribution in [1.82, 2.24) is 0 Å². The Bertz CT molecular complexity index is 976. The average Bonchev–Trinajstić information content (AvgIpc) is 3.02. The monoisotopic (exact) mass is 360 g/mol. The van der Waals surface area contributed by atoms with E-state index >= 15 is 0 Å². The molecule has 0 bridgehead atoms. The summed E-state index contributed by atoms with van der Waals surface area (Å²) in [5, 5.41) is 9.12. The number of fused-ring (bicyclic) bond motifs is 1. The van der Waals surface area contributed by atoms with E-state index in [1.807, 2.05) is 29.2 Å². The van der Waals surface area contributed by atoms with E-state index in [-0.39, 0.29) is 17.3 Å². The summed E-state index contributed by atoms with van der Waals surface area (Å²) in [5.74, 6) is -0.195. The van der Waals surface area contributed by atoms with E-state index in [0.717, 1.165) is 36.1 Å². The highest BCUT2D eigenvalue weighted by Crippen LogP contribution is 2.45. The number of ether oxygens (including phenoxy) is 1. The largest absolute Gasteiger partial charge is 0.465 e. The van der Waals surface area contributed by atoms with E-state index in [2.05, 4.69) is 6.07 Å². The van der Waals surface area contributed by atoms with E-state index in [1.165, 1.54) is 7.11 Å². The zero-order chi connectivity index (χ0) is 19.0. The molecule has 2 aromatic carbocycles. The number of rotatable bonds is 2. The number of amides is 1. The third kappa shape index (κ3) is 2.87. The second kappa shape index (κ2) is 6.55. The lowest BCUT2D eigenvalue weighted by Crippen LogP contribution is -2.38. The van der Waals surface area contributed by atoms with E-state index in [0.29, 0.717) is 24.1 Å². The Labute approximate surface area is 158 Å². The van der Waals surface area contributed by atoms with Crippen molar-refractivity contribution in [2.24, 2.45) is 5.41 Å². The molecule has 1 aliphatic heterocycles. The van der Waals surface area contributed by atoms with Crippen LogP contribution in [0.15, 0.2) is 42.5 Å². The van der Waals surface area contributed by atoms with Crippen molar-refractivity contribution in [3.63, 3.8) is 0 Å². The van der Waals surface area contributed by atoms with Gasteiger partial charge < -0.3 is 9.64 Å². The molecule has 1 heterocycles. The number of anilines is 1. The molecule has 0 radical (unpaired) electrons. The van der Waals surface area contributed by atoms with Crippen LogP contribution < -0.4 is 4.90 Å². The number of benzene rings is 2. The lowest BCUT2D eigenvalue weighted by molar-refractivity contribution is -0.126. The smallest absolute Gasteiger partial charge is 0.337 e. The molecule has 1 amide bonds. The second-order valence-electron chi connectivity index (χ2n) is 7.30. The van der Waals surface area contributed by atoms with Gasteiger partial charge in [0.1, 0.15) is 0 Å². The molecule has 4 rings (SSSR count). The van der Waals surface area contributed by atoms with E-state index in [1.54, 1.807) is 18.2 Å². The summed E-state index contributed by atoms with van der Waals surface area (Å²) in [6, 6.07) is 15.0. The minimum atomic E-state index is -0.386. The molecule has 5 nitrogen and oxygen atoms in total. The molecule has 1 atom stereocenters. The van der Waals surface area contributed by atoms with Gasteiger partial charge in [-0.05, 0) is 67.1 Å². The Morgan fingerprint density at radius 1 is 1.19 bits per heavy atom. The van der Waals surface area contributed by atoms with Crippen molar-refractivity contribution in [2.75, 3.05) is 18.6 Å². The standard InChI is InChI=1S/C22H20N2O3/c1-27-20(25)17-5-6-18-13-22(8-7-16(18)12-17)9-10-24(21(22)26)19-4-2-3-15(11-19)14-23/h2-6,11-12H,7-10,13H2,1H3/t22-/m0/s1. The Kier molecular flexibility index (Phi) is 4.19. The van der Waals surface area contributed by atoms with Crippen LogP contribution in [0.4, 0.5) is 5.69 Å². The first kappa shape index (κ1) is 17.3. The van der Waals surface area contributed by atoms with Gasteiger partial charge in [-0.1, -0.05) is 12.1 Å². The molecule has 1 fully saturated rings. The van der Waals surface area contributed by atoms with Crippen molar-refractivity contribution in [1.29, 1.82) is 5.26 Å². The van der Waals surface area contributed by atoms with Crippen molar-refractivity contribution in [2.45, 2.75) is 25.7 Å². The number of esters is 1. The first-order valence-electron chi connectivity index (χ1n) is 9.08. The van der Waals surface area contributed by atoms with Gasteiger partial charge in [-0.2, -0.15) is 5.26 Å². The maximum Gasteiger partial charge on any atom is 0.337 e. The maximum absolute atomic E-state index is 13.3. The molecular formula is C22H20N2O3. The van der Waals surface area contributed by atoms with Crippen LogP contribution in [0.1, 0.15) is 39.9 Å². The van der Waals surface area contributed by atoms with Gasteiger partial charge in [0.05, 0.1) is 29.7 Å². The van der Waals surface area contributed by atoms with Crippen LogP contribution in [-0.4, -0.2) is 25.5 Å². The highest BCUT2D eigenvalue weighted by Gasteiger charge is 2.48. The van der Waals surface area contributed by atoms with Crippen LogP contribution in [0.3, 0.4) is 0 Å². The molecule has 1 spiro atoms.